The van der Waals surface area contributed by atoms with Crippen LogP contribution in [0.15, 0.2) is 42.5 Å². The van der Waals surface area contributed by atoms with E-state index in [1.54, 1.807) is 18.2 Å². The summed E-state index contributed by atoms with van der Waals surface area (Å²) < 4.78 is 38.0. The number of alkyl halides is 3. The fraction of sp³-hybridized carbons (Fsp3) is 0.143. The molecule has 6 heteroatoms. The summed E-state index contributed by atoms with van der Waals surface area (Å²) in [4.78, 5) is 0. The molecule has 0 bridgehead atoms. The highest BCUT2D eigenvalue weighted by Crippen LogP contribution is 2.33. The van der Waals surface area contributed by atoms with Crippen molar-refractivity contribution in [1.82, 2.24) is 0 Å². The highest BCUT2D eigenvalue weighted by atomic mass is 35.5. The van der Waals surface area contributed by atoms with Gasteiger partial charge in [-0.05, 0) is 29.8 Å². The van der Waals surface area contributed by atoms with Gasteiger partial charge in [-0.3, -0.25) is 0 Å². The number of nitrogens with two attached hydrogens (primary N) is 1. The zero-order chi connectivity index (χ0) is 14.8. The Bertz CT molecular complexity index is 612. The van der Waals surface area contributed by atoms with E-state index in [0.29, 0.717) is 17.9 Å². The van der Waals surface area contributed by atoms with Gasteiger partial charge < -0.3 is 11.1 Å². The maximum atomic E-state index is 12.7. The molecule has 0 heterocycles. The minimum absolute atomic E-state index is 0.0309. The maximum Gasteiger partial charge on any atom is 0.416 e. The minimum atomic E-state index is -4.42. The molecule has 0 saturated heterocycles. The summed E-state index contributed by atoms with van der Waals surface area (Å²) in [6, 6.07) is 10.5. The van der Waals surface area contributed by atoms with Crippen LogP contribution in [0, 0.1) is 0 Å². The molecule has 0 fully saturated rings. The van der Waals surface area contributed by atoms with E-state index in [2.05, 4.69) is 5.32 Å². The Labute approximate surface area is 119 Å². The molecule has 0 amide bonds. The van der Waals surface area contributed by atoms with E-state index in [0.717, 1.165) is 17.7 Å². The number of para-hydroxylation sites is 1. The van der Waals surface area contributed by atoms with Crippen molar-refractivity contribution in [1.29, 1.82) is 0 Å². The van der Waals surface area contributed by atoms with Gasteiger partial charge in [-0.25, -0.2) is 0 Å². The largest absolute Gasteiger partial charge is 0.416 e. The van der Waals surface area contributed by atoms with Crippen LogP contribution in [0.5, 0.6) is 0 Å². The van der Waals surface area contributed by atoms with E-state index >= 15 is 0 Å². The van der Waals surface area contributed by atoms with Crippen molar-refractivity contribution in [2.75, 3.05) is 11.1 Å². The monoisotopic (exact) mass is 300 g/mol. The second-order valence-electron chi connectivity index (χ2n) is 4.28. The molecule has 0 aliphatic heterocycles. The van der Waals surface area contributed by atoms with Crippen molar-refractivity contribution in [2.24, 2.45) is 0 Å². The summed E-state index contributed by atoms with van der Waals surface area (Å²) in [5.41, 5.74) is 6.67. The predicted molar refractivity (Wildman–Crippen MR) is 74.6 cm³/mol. The molecule has 20 heavy (non-hydrogen) atoms. The molecule has 0 atom stereocenters. The van der Waals surface area contributed by atoms with E-state index in [4.69, 9.17) is 17.3 Å². The van der Waals surface area contributed by atoms with Gasteiger partial charge in [0.15, 0.2) is 0 Å². The second-order valence-corrected chi connectivity index (χ2v) is 4.72. The molecule has 2 rings (SSSR count). The predicted octanol–water partition coefficient (Wildman–Crippen LogP) is 4.55. The van der Waals surface area contributed by atoms with Crippen molar-refractivity contribution in [2.45, 2.75) is 12.7 Å². The van der Waals surface area contributed by atoms with Gasteiger partial charge in [0.05, 0.1) is 5.56 Å². The Hall–Kier alpha value is -1.88. The fourth-order valence-corrected chi connectivity index (χ4v) is 1.98. The molecule has 2 aromatic rings. The molecule has 0 spiro atoms. The van der Waals surface area contributed by atoms with Crippen molar-refractivity contribution in [3.05, 3.63) is 58.6 Å². The average Bonchev–Trinajstić information content (AvgIpc) is 2.36. The van der Waals surface area contributed by atoms with Crippen molar-refractivity contribution >= 4 is 23.0 Å². The number of anilines is 2. The van der Waals surface area contributed by atoms with Crippen LogP contribution in [0.4, 0.5) is 24.5 Å². The molecule has 0 aliphatic carbocycles. The number of hydrogen-bond donors (Lipinski definition) is 2. The summed E-state index contributed by atoms with van der Waals surface area (Å²) >= 11 is 5.70. The number of rotatable bonds is 3. The van der Waals surface area contributed by atoms with Crippen LogP contribution in [-0.4, -0.2) is 0 Å². The topological polar surface area (TPSA) is 38.0 Å². The zero-order valence-electron chi connectivity index (χ0n) is 10.3. The van der Waals surface area contributed by atoms with E-state index in [1.807, 2.05) is 6.07 Å². The first-order valence-electron chi connectivity index (χ1n) is 5.81. The Morgan fingerprint density at radius 2 is 1.80 bits per heavy atom. The molecule has 0 aliphatic rings. The number of hydrogen-bond acceptors (Lipinski definition) is 2. The summed E-state index contributed by atoms with van der Waals surface area (Å²) in [7, 11) is 0. The fourth-order valence-electron chi connectivity index (χ4n) is 1.75. The number of halogens is 4. The molecule has 2 aromatic carbocycles. The lowest BCUT2D eigenvalue weighted by atomic mass is 10.1. The first kappa shape index (κ1) is 14.5. The zero-order valence-corrected chi connectivity index (χ0v) is 11.1. The van der Waals surface area contributed by atoms with Crippen LogP contribution in [0.1, 0.15) is 11.1 Å². The molecular weight excluding hydrogens is 289 g/mol. The first-order valence-corrected chi connectivity index (χ1v) is 6.19. The summed E-state index contributed by atoms with van der Waals surface area (Å²) in [6.07, 6.45) is -4.42. The van der Waals surface area contributed by atoms with E-state index < -0.39 is 11.7 Å². The summed E-state index contributed by atoms with van der Waals surface area (Å²) in [5.74, 6) is 0. The lowest BCUT2D eigenvalue weighted by Crippen LogP contribution is -2.07. The smallest absolute Gasteiger partial charge is 0.398 e. The molecule has 0 saturated carbocycles. The standard InChI is InChI=1S/C14H12ClF3N2/c15-11-5-10(14(16,17)18)6-12(7-11)20-8-9-3-1-2-4-13(9)19/h1-7,20H,8,19H2. The molecule has 2 nitrogen and oxygen atoms in total. The van der Waals surface area contributed by atoms with Gasteiger partial charge >= 0.3 is 6.18 Å². The number of nitrogens with one attached hydrogen (secondary N) is 1. The van der Waals surface area contributed by atoms with E-state index in [-0.39, 0.29) is 5.02 Å². The maximum absolute atomic E-state index is 12.7. The van der Waals surface area contributed by atoms with Crippen molar-refractivity contribution in [3.8, 4) is 0 Å². The Balaban J connectivity index is 2.18. The Morgan fingerprint density at radius 3 is 2.45 bits per heavy atom. The minimum Gasteiger partial charge on any atom is -0.398 e. The van der Waals surface area contributed by atoms with Crippen molar-refractivity contribution < 1.29 is 13.2 Å². The molecule has 106 valence electrons. The SMILES string of the molecule is Nc1ccccc1CNc1cc(Cl)cc(C(F)(F)F)c1. The second kappa shape index (κ2) is 5.63. The quantitative estimate of drug-likeness (QED) is 0.816. The van der Waals surface area contributed by atoms with Crippen LogP contribution in [-0.2, 0) is 12.7 Å². The number of nitrogen functional groups attached to an aromatic ring is 1. The third kappa shape index (κ3) is 3.57. The highest BCUT2D eigenvalue weighted by molar-refractivity contribution is 6.30. The van der Waals surface area contributed by atoms with Gasteiger partial charge in [0.2, 0.25) is 0 Å². The van der Waals surface area contributed by atoms with Gasteiger partial charge in [0.1, 0.15) is 0 Å². The van der Waals surface area contributed by atoms with E-state index in [1.165, 1.54) is 6.07 Å². The normalized spacial score (nSPS) is 11.4. The lowest BCUT2D eigenvalue weighted by molar-refractivity contribution is -0.137. The van der Waals surface area contributed by atoms with Crippen LogP contribution < -0.4 is 11.1 Å². The first-order chi connectivity index (χ1) is 9.36. The van der Waals surface area contributed by atoms with Crippen LogP contribution >= 0.6 is 11.6 Å². The van der Waals surface area contributed by atoms with Gasteiger partial charge in [0.25, 0.3) is 0 Å². The van der Waals surface area contributed by atoms with Gasteiger partial charge in [-0.1, -0.05) is 29.8 Å². The van der Waals surface area contributed by atoms with Crippen LogP contribution in [0.25, 0.3) is 0 Å². The van der Waals surface area contributed by atoms with E-state index in [9.17, 15) is 13.2 Å². The van der Waals surface area contributed by atoms with Gasteiger partial charge in [-0.15, -0.1) is 0 Å². The average molecular weight is 301 g/mol. The summed E-state index contributed by atoms with van der Waals surface area (Å²) in [5, 5.41) is 2.92. The van der Waals surface area contributed by atoms with Crippen LogP contribution in [0.3, 0.4) is 0 Å². The number of benzene rings is 2. The van der Waals surface area contributed by atoms with Crippen LogP contribution in [0.2, 0.25) is 5.02 Å². The highest BCUT2D eigenvalue weighted by Gasteiger charge is 2.31. The third-order valence-electron chi connectivity index (χ3n) is 2.76. The Morgan fingerprint density at radius 1 is 1.10 bits per heavy atom. The summed E-state index contributed by atoms with van der Waals surface area (Å²) in [6.45, 7) is 0.324. The Kier molecular flexibility index (Phi) is 4.09. The van der Waals surface area contributed by atoms with Gasteiger partial charge in [0, 0.05) is 22.9 Å². The van der Waals surface area contributed by atoms with Crippen molar-refractivity contribution in [3.63, 3.8) is 0 Å². The van der Waals surface area contributed by atoms with Gasteiger partial charge in [-0.2, -0.15) is 13.2 Å². The molecule has 0 aromatic heterocycles. The molecular formula is C14H12ClF3N2. The third-order valence-corrected chi connectivity index (χ3v) is 2.98. The molecule has 0 unspecified atom stereocenters. The molecule has 0 radical (unpaired) electrons. The lowest BCUT2D eigenvalue weighted by Gasteiger charge is -2.12. The molecule has 3 N–H and O–H groups in total.